The first-order chi connectivity index (χ1) is 19.6. The molecule has 0 saturated carbocycles. The number of ether oxygens (including phenoxy) is 3. The molecule has 0 aliphatic carbocycles. The molecule has 1 unspecified atom stereocenters. The first-order valence-electron chi connectivity index (χ1n) is 16.2. The van der Waals surface area contributed by atoms with E-state index in [1.807, 2.05) is 0 Å². The Morgan fingerprint density at radius 1 is 0.561 bits per heavy atom. The van der Waals surface area contributed by atoms with Crippen LogP contribution in [0.25, 0.3) is 0 Å². The summed E-state index contributed by atoms with van der Waals surface area (Å²) in [5.74, 6) is -2.72. The predicted octanol–water partition coefficient (Wildman–Crippen LogP) is 7.78. The number of unbranched alkanes of at least 4 members (excludes halogenated alkanes) is 15. The zero-order chi connectivity index (χ0) is 30.8. The second kappa shape index (κ2) is 25.1. The molecule has 0 fully saturated rings. The highest BCUT2D eigenvalue weighted by molar-refractivity contribution is 7.54. The molecule has 0 aromatic carbocycles. The molecule has 0 aromatic heterocycles. The molecule has 0 heterocycles. The largest absolute Gasteiger partial charge is 0.466 e. The summed E-state index contributed by atoms with van der Waals surface area (Å²) in [5.41, 5.74) is 0. The van der Waals surface area contributed by atoms with E-state index >= 15 is 0 Å². The third kappa shape index (κ3) is 19.4. The zero-order valence-electron chi connectivity index (χ0n) is 26.2. The Morgan fingerprint density at radius 2 is 0.927 bits per heavy atom. The first kappa shape index (κ1) is 39.6. The molecular weight excluding hydrogens is 547 g/mol. The van der Waals surface area contributed by atoms with Gasteiger partial charge in [0, 0.05) is 6.42 Å². The minimum atomic E-state index is -5.23. The normalized spacial score (nSPS) is 13.0. The molecule has 0 aliphatic heterocycles. The average Bonchev–Trinajstić information content (AvgIpc) is 2.93. The fraction of sp³-hybridized carbons (Fsp3) is 0.903. The molecule has 2 N–H and O–H groups in total. The number of hydrogen-bond acceptors (Lipinski definition) is 7. The predicted molar refractivity (Wildman–Crippen MR) is 162 cm³/mol. The van der Waals surface area contributed by atoms with Crippen LogP contribution in [0.2, 0.25) is 0 Å². The lowest BCUT2D eigenvalue weighted by molar-refractivity contribution is -0.155. The Morgan fingerprint density at radius 3 is 1.34 bits per heavy atom. The lowest BCUT2D eigenvalue weighted by Crippen LogP contribution is -2.43. The van der Waals surface area contributed by atoms with Gasteiger partial charge in [-0.3, -0.25) is 18.9 Å². The van der Waals surface area contributed by atoms with Gasteiger partial charge in [0.1, 0.15) is 0 Å². The molecule has 0 aliphatic rings. The summed E-state index contributed by atoms with van der Waals surface area (Å²) in [7, 11) is -5.23. The third-order valence-electron chi connectivity index (χ3n) is 7.37. The Bertz CT molecular complexity index is 737. The summed E-state index contributed by atoms with van der Waals surface area (Å²) in [6, 6.07) is 0. The SMILES string of the molecule is CCCCCCCCOC(=O)CCC(CC(=O)OCCCCCCCC)(C(=O)OCCCCCCCC)P(=O)(O)O. The summed E-state index contributed by atoms with van der Waals surface area (Å²) < 4.78 is 28.6. The molecule has 10 heteroatoms. The number of hydrogen-bond donors (Lipinski definition) is 2. The van der Waals surface area contributed by atoms with E-state index in [0.717, 1.165) is 89.9 Å². The van der Waals surface area contributed by atoms with E-state index in [0.29, 0.717) is 19.3 Å². The maximum absolute atomic E-state index is 13.2. The summed E-state index contributed by atoms with van der Waals surface area (Å²) in [5, 5.41) is -2.49. The van der Waals surface area contributed by atoms with Crippen LogP contribution in [0, 0.1) is 0 Å². The van der Waals surface area contributed by atoms with E-state index in [-0.39, 0.29) is 19.8 Å². The van der Waals surface area contributed by atoms with E-state index in [1.165, 1.54) is 6.42 Å². The molecular formula is C31H59O9P. The van der Waals surface area contributed by atoms with E-state index in [1.54, 1.807) is 0 Å². The van der Waals surface area contributed by atoms with Gasteiger partial charge < -0.3 is 24.0 Å². The molecule has 1 atom stereocenters. The average molecular weight is 607 g/mol. The quantitative estimate of drug-likeness (QED) is 0.0396. The van der Waals surface area contributed by atoms with Crippen LogP contribution in [0.4, 0.5) is 0 Å². The number of carbonyl (C=O) groups is 3. The van der Waals surface area contributed by atoms with E-state index in [9.17, 15) is 28.7 Å². The summed E-state index contributed by atoms with van der Waals surface area (Å²) in [6.45, 7) is 6.68. The monoisotopic (exact) mass is 606 g/mol. The van der Waals surface area contributed by atoms with Crippen LogP contribution in [0.5, 0.6) is 0 Å². The lowest BCUT2D eigenvalue weighted by atomic mass is 9.98. The summed E-state index contributed by atoms with van der Waals surface area (Å²) >= 11 is 0. The van der Waals surface area contributed by atoms with E-state index in [4.69, 9.17) is 14.2 Å². The van der Waals surface area contributed by atoms with Crippen molar-refractivity contribution in [1.82, 2.24) is 0 Å². The van der Waals surface area contributed by atoms with Gasteiger partial charge in [-0.25, -0.2) is 0 Å². The van der Waals surface area contributed by atoms with Gasteiger partial charge in [0.25, 0.3) is 0 Å². The van der Waals surface area contributed by atoms with E-state index < -0.39 is 49.9 Å². The van der Waals surface area contributed by atoms with Gasteiger partial charge >= 0.3 is 25.5 Å². The molecule has 242 valence electrons. The van der Waals surface area contributed by atoms with E-state index in [2.05, 4.69) is 20.8 Å². The molecule has 0 spiro atoms. The van der Waals surface area contributed by atoms with Crippen molar-refractivity contribution in [2.45, 2.75) is 161 Å². The Kier molecular flexibility index (Phi) is 24.2. The Balaban J connectivity index is 5.16. The van der Waals surface area contributed by atoms with Crippen LogP contribution in [-0.2, 0) is 33.2 Å². The molecule has 9 nitrogen and oxygen atoms in total. The van der Waals surface area contributed by atoms with Crippen molar-refractivity contribution < 1.29 is 42.9 Å². The third-order valence-corrected chi connectivity index (χ3v) is 9.05. The highest BCUT2D eigenvalue weighted by Crippen LogP contribution is 2.56. The number of carbonyl (C=O) groups excluding carboxylic acids is 3. The number of esters is 3. The van der Waals surface area contributed by atoms with Gasteiger partial charge in [0.05, 0.1) is 26.2 Å². The van der Waals surface area contributed by atoms with Crippen LogP contribution in [0.1, 0.15) is 156 Å². The van der Waals surface area contributed by atoms with Gasteiger partial charge in [-0.2, -0.15) is 0 Å². The van der Waals surface area contributed by atoms with Crippen molar-refractivity contribution in [3.8, 4) is 0 Å². The van der Waals surface area contributed by atoms with Gasteiger partial charge in [-0.15, -0.1) is 0 Å². The smallest absolute Gasteiger partial charge is 0.343 e. The van der Waals surface area contributed by atoms with Gasteiger partial charge in [-0.1, -0.05) is 117 Å². The van der Waals surface area contributed by atoms with Gasteiger partial charge in [0.2, 0.25) is 0 Å². The Labute approximate surface area is 249 Å². The fourth-order valence-corrected chi connectivity index (χ4v) is 5.66. The highest BCUT2D eigenvalue weighted by Gasteiger charge is 2.56. The van der Waals surface area contributed by atoms with Crippen LogP contribution in [-0.4, -0.2) is 52.7 Å². The molecule has 0 radical (unpaired) electrons. The standard InChI is InChI=1S/C31H59O9P/c1-4-7-10-13-16-19-24-38-28(32)22-23-31(41(35,36)37,30(34)40-26-21-18-15-12-9-6-3)27-29(33)39-25-20-17-14-11-8-5-2/h4-27H2,1-3H3,(H2,35,36,37). The van der Waals surface area contributed by atoms with Gasteiger partial charge in [-0.05, 0) is 25.7 Å². The van der Waals surface area contributed by atoms with Crippen molar-refractivity contribution in [3.63, 3.8) is 0 Å². The highest BCUT2D eigenvalue weighted by atomic mass is 31.2. The molecule has 0 aromatic rings. The van der Waals surface area contributed by atoms with Crippen molar-refractivity contribution in [2.75, 3.05) is 19.8 Å². The lowest BCUT2D eigenvalue weighted by Gasteiger charge is -2.31. The summed E-state index contributed by atoms with van der Waals surface area (Å²) in [4.78, 5) is 58.9. The van der Waals surface area contributed by atoms with Crippen LogP contribution in [0.15, 0.2) is 0 Å². The molecule has 41 heavy (non-hydrogen) atoms. The molecule has 0 rings (SSSR count). The molecule has 0 bridgehead atoms. The van der Waals surface area contributed by atoms with Crippen LogP contribution < -0.4 is 0 Å². The second-order valence-corrected chi connectivity index (χ2v) is 13.1. The minimum absolute atomic E-state index is 0.0119. The number of rotatable bonds is 28. The first-order valence-corrected chi connectivity index (χ1v) is 17.8. The van der Waals surface area contributed by atoms with Crippen molar-refractivity contribution in [1.29, 1.82) is 0 Å². The maximum atomic E-state index is 13.2. The zero-order valence-corrected chi connectivity index (χ0v) is 27.1. The summed E-state index contributed by atoms with van der Waals surface area (Å²) in [6.07, 6.45) is 15.8. The molecule has 0 saturated heterocycles. The fourth-order valence-electron chi connectivity index (χ4n) is 4.62. The minimum Gasteiger partial charge on any atom is -0.466 e. The molecule has 0 amide bonds. The van der Waals surface area contributed by atoms with Crippen molar-refractivity contribution in [2.24, 2.45) is 0 Å². The van der Waals surface area contributed by atoms with Crippen LogP contribution >= 0.6 is 7.60 Å². The van der Waals surface area contributed by atoms with Crippen molar-refractivity contribution >= 4 is 25.5 Å². The van der Waals surface area contributed by atoms with Gasteiger partial charge in [0.15, 0.2) is 5.16 Å². The maximum Gasteiger partial charge on any atom is 0.343 e. The topological polar surface area (TPSA) is 136 Å². The Hall–Kier alpha value is -1.44. The second-order valence-electron chi connectivity index (χ2n) is 11.1. The van der Waals surface area contributed by atoms with Crippen LogP contribution in [0.3, 0.4) is 0 Å². The van der Waals surface area contributed by atoms with Crippen molar-refractivity contribution in [3.05, 3.63) is 0 Å².